The fourth-order valence-corrected chi connectivity index (χ4v) is 12.1. The first-order valence-corrected chi connectivity index (χ1v) is 24.4. The van der Waals surface area contributed by atoms with E-state index in [1.807, 2.05) is 24.1 Å². The van der Waals surface area contributed by atoms with Crippen molar-refractivity contribution in [1.82, 2.24) is 46.5 Å². The topological polar surface area (TPSA) is 190 Å². The van der Waals surface area contributed by atoms with Gasteiger partial charge in [-0.15, -0.1) is 0 Å². The van der Waals surface area contributed by atoms with Crippen LogP contribution in [0.1, 0.15) is 101 Å². The molecule has 4 amide bonds. The van der Waals surface area contributed by atoms with E-state index in [4.69, 9.17) is 0 Å². The van der Waals surface area contributed by atoms with Gasteiger partial charge in [0.05, 0.1) is 30.4 Å². The maximum atomic E-state index is 13.8. The molecule has 1 aliphatic carbocycles. The van der Waals surface area contributed by atoms with Crippen molar-refractivity contribution in [3.8, 4) is 0 Å². The number of amides is 4. The maximum absolute atomic E-state index is 13.8. The summed E-state index contributed by atoms with van der Waals surface area (Å²) < 4.78 is 0. The molecule has 7 atom stereocenters. The van der Waals surface area contributed by atoms with Crippen molar-refractivity contribution in [2.75, 3.05) is 67.5 Å². The van der Waals surface area contributed by atoms with Crippen molar-refractivity contribution in [3.05, 3.63) is 60.4 Å². The van der Waals surface area contributed by atoms with Crippen molar-refractivity contribution >= 4 is 40.7 Å². The molecule has 0 radical (unpaired) electrons. The average Bonchev–Trinajstić information content (AvgIpc) is 3.59. The lowest BCUT2D eigenvalue weighted by Crippen LogP contribution is -2.69. The summed E-state index contributed by atoms with van der Waals surface area (Å²) in [7, 11) is 0. The summed E-state index contributed by atoms with van der Waals surface area (Å²) in [6, 6.07) is 12.4. The van der Waals surface area contributed by atoms with Crippen LogP contribution in [0.25, 0.3) is 0 Å². The second kappa shape index (κ2) is 18.6. The number of piperazine rings is 1. The zero-order chi connectivity index (χ0) is 44.7. The van der Waals surface area contributed by atoms with Crippen LogP contribution in [0.2, 0.25) is 0 Å². The third-order valence-corrected chi connectivity index (χ3v) is 16.2. The highest BCUT2D eigenvalue weighted by Crippen LogP contribution is 2.46. The lowest BCUT2D eigenvalue weighted by molar-refractivity contribution is -0.146. The number of hydrogen-bond donors (Lipinski definition) is 7. The summed E-state index contributed by atoms with van der Waals surface area (Å²) in [6.45, 7) is 9.13. The van der Waals surface area contributed by atoms with E-state index < -0.39 is 23.5 Å². The molecule has 1 aromatic carbocycles. The van der Waals surface area contributed by atoms with Gasteiger partial charge >= 0.3 is 0 Å². The Kier molecular flexibility index (Phi) is 12.6. The van der Waals surface area contributed by atoms with E-state index in [9.17, 15) is 24.3 Å². The molecule has 8 aliphatic rings. The molecule has 7 N–H and O–H groups in total. The molecule has 6 saturated heterocycles. The lowest BCUT2D eigenvalue weighted by Gasteiger charge is -2.49. The number of rotatable bonds is 7. The summed E-state index contributed by atoms with van der Waals surface area (Å²) in [4.78, 5) is 62.4. The van der Waals surface area contributed by atoms with Gasteiger partial charge in [-0.3, -0.25) is 55.3 Å². The SMILES string of the molecule is C[C@@]1(O)CC/C=C\CN2C(=O)C3CNC(Nc4ccc(N5CCN(C6CCC7(CC6)CCN(c6ccnc(C(=O)NC8CCC(=O)NC8=O)c6)CC7)CC5)cc4)NC3N2C2CCCC1N2. The van der Waals surface area contributed by atoms with Crippen LogP contribution >= 0.6 is 0 Å². The Bertz CT molecular complexity index is 2090. The molecule has 2 aromatic rings. The predicted octanol–water partition coefficient (Wildman–Crippen LogP) is 2.43. The molecule has 350 valence electrons. The number of carbonyl (C=O) groups is 4. The van der Waals surface area contributed by atoms with Gasteiger partial charge in [0.15, 0.2) is 0 Å². The lowest BCUT2D eigenvalue weighted by atomic mass is 9.66. The molecule has 17 nitrogen and oxygen atoms in total. The number of benzene rings is 1. The van der Waals surface area contributed by atoms with E-state index in [-0.39, 0.29) is 54.5 Å². The van der Waals surface area contributed by atoms with Crippen molar-refractivity contribution in [3.63, 3.8) is 0 Å². The number of imide groups is 1. The first kappa shape index (κ1) is 44.2. The number of hydrazine groups is 1. The average molecular weight is 893 g/mol. The zero-order valence-corrected chi connectivity index (χ0v) is 37.9. The molecule has 7 aliphatic heterocycles. The monoisotopic (exact) mass is 893 g/mol. The number of carbonyl (C=O) groups excluding carboxylic acids is 4. The van der Waals surface area contributed by atoms with Crippen LogP contribution in [0.5, 0.6) is 0 Å². The molecule has 17 heteroatoms. The Hall–Kier alpha value is -4.65. The van der Waals surface area contributed by atoms with Crippen molar-refractivity contribution in [2.24, 2.45) is 11.3 Å². The number of nitrogens with zero attached hydrogens (tertiary/aromatic N) is 6. The van der Waals surface area contributed by atoms with Gasteiger partial charge in [0.25, 0.3) is 5.91 Å². The zero-order valence-electron chi connectivity index (χ0n) is 37.9. The molecule has 1 saturated carbocycles. The van der Waals surface area contributed by atoms with Gasteiger partial charge in [-0.2, -0.15) is 5.01 Å². The first-order valence-electron chi connectivity index (χ1n) is 24.4. The molecular formula is C48H68N12O5. The quantitative estimate of drug-likeness (QED) is 0.159. The van der Waals surface area contributed by atoms with Crippen LogP contribution in [0.4, 0.5) is 17.1 Å². The molecule has 7 fully saturated rings. The van der Waals surface area contributed by atoms with Gasteiger partial charge in [-0.05, 0) is 126 Å². The van der Waals surface area contributed by atoms with Gasteiger partial charge in [0.2, 0.25) is 17.7 Å². The van der Waals surface area contributed by atoms with Gasteiger partial charge < -0.3 is 25.5 Å². The van der Waals surface area contributed by atoms with Crippen LogP contribution < -0.4 is 41.7 Å². The molecule has 10 rings (SSSR count). The number of fused-ring (bicyclic) bond motifs is 6. The summed E-state index contributed by atoms with van der Waals surface area (Å²) in [6.07, 6.45) is 17.6. The predicted molar refractivity (Wildman–Crippen MR) is 247 cm³/mol. The second-order valence-electron chi connectivity index (χ2n) is 20.2. The minimum Gasteiger partial charge on any atom is -0.389 e. The van der Waals surface area contributed by atoms with Crippen molar-refractivity contribution < 1.29 is 24.3 Å². The summed E-state index contributed by atoms with van der Waals surface area (Å²) in [5.74, 6) is -1.23. The maximum Gasteiger partial charge on any atom is 0.270 e. The van der Waals surface area contributed by atoms with Crippen LogP contribution in [-0.4, -0.2) is 143 Å². The van der Waals surface area contributed by atoms with Crippen LogP contribution in [-0.2, 0) is 14.4 Å². The number of aromatic nitrogens is 1. The van der Waals surface area contributed by atoms with Crippen LogP contribution in [0.3, 0.4) is 0 Å². The van der Waals surface area contributed by atoms with E-state index in [0.717, 1.165) is 89.2 Å². The van der Waals surface area contributed by atoms with Gasteiger partial charge in [-0.25, -0.2) is 0 Å². The number of hydrogen-bond acceptors (Lipinski definition) is 14. The highest BCUT2D eigenvalue weighted by Gasteiger charge is 2.53. The Labute approximate surface area is 382 Å². The first-order chi connectivity index (χ1) is 31.5. The second-order valence-corrected chi connectivity index (χ2v) is 20.2. The van der Waals surface area contributed by atoms with E-state index >= 15 is 0 Å². The molecule has 1 spiro atoms. The van der Waals surface area contributed by atoms with Crippen LogP contribution in [0.15, 0.2) is 54.7 Å². The van der Waals surface area contributed by atoms with Crippen LogP contribution in [0, 0.1) is 11.3 Å². The largest absolute Gasteiger partial charge is 0.389 e. The van der Waals surface area contributed by atoms with E-state index in [1.54, 1.807) is 6.20 Å². The minimum absolute atomic E-state index is 0.0189. The van der Waals surface area contributed by atoms with Gasteiger partial charge in [0.1, 0.15) is 18.0 Å². The van der Waals surface area contributed by atoms with E-state index in [2.05, 4.69) is 93.0 Å². The normalized spacial score (nSPS) is 33.1. The Morgan fingerprint density at radius 3 is 2.38 bits per heavy atom. The fraction of sp³-hybridized carbons (Fsp3) is 0.646. The number of nitrogens with one attached hydrogen (secondary N) is 6. The third-order valence-electron chi connectivity index (χ3n) is 16.2. The van der Waals surface area contributed by atoms with Gasteiger partial charge in [0, 0.05) is 87.6 Å². The van der Waals surface area contributed by atoms with Crippen molar-refractivity contribution in [1.29, 1.82) is 0 Å². The van der Waals surface area contributed by atoms with Crippen molar-refractivity contribution in [2.45, 2.75) is 133 Å². The van der Waals surface area contributed by atoms with E-state index in [1.165, 1.54) is 31.4 Å². The smallest absolute Gasteiger partial charge is 0.270 e. The Balaban J connectivity index is 0.676. The molecule has 6 unspecified atom stereocenters. The Morgan fingerprint density at radius 1 is 0.846 bits per heavy atom. The molecule has 65 heavy (non-hydrogen) atoms. The molecule has 8 heterocycles. The number of anilines is 3. The molecule has 1 aromatic heterocycles. The highest BCUT2D eigenvalue weighted by atomic mass is 16.3. The minimum atomic E-state index is -0.807. The fourth-order valence-electron chi connectivity index (χ4n) is 12.1. The standard InChI is InChI=1S/C48H68N12O5/c1-47(65)17-3-2-4-23-59-45(64)36-31-50-46(55-42(36)60(59)40-7-5-6-39(47)53-40)51-32-8-10-33(11-9-32)57-26-28-58(29-27-57)34-14-18-48(19-15-34)20-24-56(25-21-48)35-16-22-49-38(30-35)44(63)52-37-12-13-41(61)54-43(37)62/h2,4,8-11,16,22,30,34,36-37,39-40,42,46,50-51,53,55,65H,3,5-7,12-15,17-21,23-29,31H2,1H3,(H,52,63)(H,54,61,62)/b4-2-/t36?,37?,39?,40?,42?,46?,47-/m1/s1. The molecular weight excluding hydrogens is 825 g/mol. The third kappa shape index (κ3) is 9.37. The number of piperidine rings is 3. The summed E-state index contributed by atoms with van der Waals surface area (Å²) in [5, 5.41) is 35.3. The van der Waals surface area contributed by atoms with E-state index in [0.29, 0.717) is 37.4 Å². The van der Waals surface area contributed by atoms with Gasteiger partial charge in [-0.1, -0.05) is 12.2 Å². The number of pyridine rings is 1. The number of allylic oxidation sites excluding steroid dienone is 1. The summed E-state index contributed by atoms with van der Waals surface area (Å²) in [5.41, 5.74) is 3.10. The summed E-state index contributed by atoms with van der Waals surface area (Å²) >= 11 is 0. The highest BCUT2D eigenvalue weighted by molar-refractivity contribution is 6.03. The molecule has 2 bridgehead atoms. The number of aliphatic hydroxyl groups is 1. The Morgan fingerprint density at radius 2 is 1.62 bits per heavy atom.